The van der Waals surface area contributed by atoms with Crippen LogP contribution in [0.4, 0.5) is 22.0 Å². The van der Waals surface area contributed by atoms with Crippen LogP contribution < -0.4 is 30.2 Å². The van der Waals surface area contributed by atoms with Crippen LogP contribution >= 0.6 is 27.5 Å². The molecule has 0 bridgehead atoms. The van der Waals surface area contributed by atoms with Gasteiger partial charge in [0, 0.05) is 41.0 Å². The van der Waals surface area contributed by atoms with Crippen molar-refractivity contribution in [3.63, 3.8) is 0 Å². The first-order valence-electron chi connectivity index (χ1n) is 12.4. The summed E-state index contributed by atoms with van der Waals surface area (Å²) in [4.78, 5) is 17.4. The van der Waals surface area contributed by atoms with E-state index in [9.17, 15) is 4.79 Å². The molecule has 0 unspecified atom stereocenters. The lowest BCUT2D eigenvalue weighted by molar-refractivity contribution is 0.262. The molecule has 41 heavy (non-hydrogen) atoms. The number of methoxy groups -OCH3 is 3. The van der Waals surface area contributed by atoms with Gasteiger partial charge in [0.15, 0.2) is 17.1 Å². The summed E-state index contributed by atoms with van der Waals surface area (Å²) >= 11 is 9.97. The number of carbonyl (C=O) groups excluding carboxylic acids is 1. The Balaban J connectivity index is 1.27. The van der Waals surface area contributed by atoms with Crippen LogP contribution in [0, 0.1) is 0 Å². The van der Waals surface area contributed by atoms with Crippen molar-refractivity contribution in [2.24, 2.45) is 0 Å². The van der Waals surface area contributed by atoms with Crippen molar-refractivity contribution in [3.8, 4) is 28.5 Å². The fourth-order valence-corrected chi connectivity index (χ4v) is 4.79. The topological polar surface area (TPSA) is 111 Å². The second-order valence-electron chi connectivity index (χ2n) is 8.78. The highest BCUT2D eigenvalue weighted by Crippen LogP contribution is 2.40. The van der Waals surface area contributed by atoms with Crippen molar-refractivity contribution in [2.75, 3.05) is 37.3 Å². The van der Waals surface area contributed by atoms with Crippen molar-refractivity contribution >= 4 is 56.4 Å². The largest absolute Gasteiger partial charge is 0.493 e. The van der Waals surface area contributed by atoms with E-state index in [1.54, 1.807) is 22.8 Å². The number of fused-ring (bicyclic) bond motifs is 1. The summed E-state index contributed by atoms with van der Waals surface area (Å²) in [6, 6.07) is 19.9. The third-order valence-corrected chi connectivity index (χ3v) is 7.08. The number of ether oxygens (including phenoxy) is 3. The zero-order valence-electron chi connectivity index (χ0n) is 22.4. The zero-order valence-corrected chi connectivity index (χ0v) is 24.7. The van der Waals surface area contributed by atoms with Crippen LogP contribution in [0.15, 0.2) is 77.4 Å². The summed E-state index contributed by atoms with van der Waals surface area (Å²) in [6.07, 6.45) is 1.70. The van der Waals surface area contributed by atoms with Crippen molar-refractivity contribution in [1.82, 2.24) is 14.6 Å². The van der Waals surface area contributed by atoms with Gasteiger partial charge in [0.05, 0.1) is 43.4 Å². The molecule has 3 N–H and O–H groups in total. The van der Waals surface area contributed by atoms with Crippen molar-refractivity contribution in [1.29, 1.82) is 0 Å². The van der Waals surface area contributed by atoms with E-state index in [2.05, 4.69) is 37.0 Å². The Kier molecular flexibility index (Phi) is 8.46. The average molecular weight is 638 g/mol. The van der Waals surface area contributed by atoms with Crippen LogP contribution in [0.2, 0.25) is 5.02 Å². The molecule has 0 aliphatic heterocycles. The van der Waals surface area contributed by atoms with Gasteiger partial charge in [-0.15, -0.1) is 0 Å². The van der Waals surface area contributed by atoms with E-state index in [1.165, 1.54) is 21.3 Å². The maximum Gasteiger partial charge on any atom is 0.323 e. The molecule has 0 saturated carbocycles. The molecule has 5 rings (SSSR count). The molecule has 12 heteroatoms. The van der Waals surface area contributed by atoms with E-state index >= 15 is 0 Å². The highest BCUT2D eigenvalue weighted by molar-refractivity contribution is 9.10. The molecule has 0 radical (unpaired) electrons. The Hall–Kier alpha value is -4.48. The van der Waals surface area contributed by atoms with Crippen molar-refractivity contribution in [3.05, 3.63) is 88.0 Å². The van der Waals surface area contributed by atoms with E-state index < -0.39 is 6.03 Å². The number of nitrogens with one attached hydrogen (secondary N) is 3. The summed E-state index contributed by atoms with van der Waals surface area (Å²) in [5.74, 6) is 2.07. The van der Waals surface area contributed by atoms with Gasteiger partial charge in [-0.25, -0.2) is 9.78 Å². The SMILES string of the molecule is COc1cc(NC(=O)Nc2ccc(CNc3cc(-c4ccccc4Cl)nc4c(Br)cnn34)cc2)cc(OC)c1OC. The lowest BCUT2D eigenvalue weighted by Gasteiger charge is -2.15. The number of nitrogens with zero attached hydrogens (tertiary/aromatic N) is 3. The quantitative estimate of drug-likeness (QED) is 0.158. The number of anilines is 3. The molecule has 0 atom stereocenters. The molecule has 3 aromatic carbocycles. The molecule has 2 aromatic heterocycles. The molecule has 0 spiro atoms. The molecular weight excluding hydrogens is 612 g/mol. The Bertz CT molecular complexity index is 1690. The van der Waals surface area contributed by atoms with Gasteiger partial charge >= 0.3 is 6.03 Å². The third-order valence-electron chi connectivity index (χ3n) is 6.19. The van der Waals surface area contributed by atoms with Gasteiger partial charge in [0.2, 0.25) is 5.75 Å². The molecular formula is C29H26BrClN6O4. The van der Waals surface area contributed by atoms with Crippen LogP contribution in [0.5, 0.6) is 17.2 Å². The highest BCUT2D eigenvalue weighted by atomic mass is 79.9. The molecule has 0 fully saturated rings. The van der Waals surface area contributed by atoms with E-state index in [1.807, 2.05) is 54.6 Å². The number of hydrogen-bond acceptors (Lipinski definition) is 7. The molecule has 10 nitrogen and oxygen atoms in total. The number of carbonyl (C=O) groups is 1. The van der Waals surface area contributed by atoms with Crippen LogP contribution in [-0.2, 0) is 6.54 Å². The Morgan fingerprint density at radius 2 is 1.61 bits per heavy atom. The Labute approximate surface area is 249 Å². The predicted octanol–water partition coefficient (Wildman–Crippen LogP) is 7.09. The summed E-state index contributed by atoms with van der Waals surface area (Å²) in [7, 11) is 4.55. The zero-order chi connectivity index (χ0) is 28.9. The summed E-state index contributed by atoms with van der Waals surface area (Å²) in [6.45, 7) is 0.510. The number of rotatable bonds is 9. The minimum Gasteiger partial charge on any atom is -0.493 e. The lowest BCUT2D eigenvalue weighted by atomic mass is 10.1. The molecule has 2 heterocycles. The summed E-state index contributed by atoms with van der Waals surface area (Å²) in [5, 5.41) is 14.1. The smallest absolute Gasteiger partial charge is 0.323 e. The summed E-state index contributed by atoms with van der Waals surface area (Å²) < 4.78 is 18.5. The number of amides is 2. The van der Waals surface area contributed by atoms with E-state index in [0.29, 0.717) is 45.8 Å². The first kappa shape index (κ1) is 28.1. The maximum absolute atomic E-state index is 12.7. The molecule has 5 aromatic rings. The average Bonchev–Trinajstić information content (AvgIpc) is 3.36. The number of hydrogen-bond donors (Lipinski definition) is 3. The number of urea groups is 1. The number of halogens is 2. The first-order valence-corrected chi connectivity index (χ1v) is 13.6. The number of aromatic nitrogens is 3. The van der Waals surface area contributed by atoms with Crippen LogP contribution in [-0.4, -0.2) is 42.0 Å². The van der Waals surface area contributed by atoms with E-state index in [-0.39, 0.29) is 0 Å². The maximum atomic E-state index is 12.7. The van der Waals surface area contributed by atoms with Gasteiger partial charge in [-0.2, -0.15) is 9.61 Å². The molecule has 2 amide bonds. The van der Waals surface area contributed by atoms with Crippen molar-refractivity contribution < 1.29 is 19.0 Å². The molecule has 0 aliphatic rings. The Morgan fingerprint density at radius 1 is 0.927 bits per heavy atom. The van der Waals surface area contributed by atoms with E-state index in [0.717, 1.165) is 27.1 Å². The number of benzene rings is 3. The van der Waals surface area contributed by atoms with Gasteiger partial charge < -0.3 is 30.2 Å². The fourth-order valence-electron chi connectivity index (χ4n) is 4.21. The lowest BCUT2D eigenvalue weighted by Crippen LogP contribution is -2.19. The Morgan fingerprint density at radius 3 is 2.27 bits per heavy atom. The van der Waals surface area contributed by atoms with Crippen LogP contribution in [0.25, 0.3) is 16.9 Å². The second-order valence-corrected chi connectivity index (χ2v) is 10.0. The molecule has 0 aliphatic carbocycles. The highest BCUT2D eigenvalue weighted by Gasteiger charge is 2.15. The van der Waals surface area contributed by atoms with E-state index in [4.69, 9.17) is 30.8 Å². The summed E-state index contributed by atoms with van der Waals surface area (Å²) in [5.41, 5.74) is 4.33. The fraction of sp³-hybridized carbons (Fsp3) is 0.138. The van der Waals surface area contributed by atoms with Gasteiger partial charge in [0.1, 0.15) is 5.82 Å². The van der Waals surface area contributed by atoms with Gasteiger partial charge in [-0.3, -0.25) is 0 Å². The molecule has 0 saturated heterocycles. The minimum absolute atomic E-state index is 0.416. The minimum atomic E-state index is -0.416. The first-order chi connectivity index (χ1) is 19.9. The second kappa shape index (κ2) is 12.4. The predicted molar refractivity (Wildman–Crippen MR) is 164 cm³/mol. The normalized spacial score (nSPS) is 10.8. The van der Waals surface area contributed by atoms with Gasteiger partial charge in [0.25, 0.3) is 0 Å². The van der Waals surface area contributed by atoms with Crippen LogP contribution in [0.3, 0.4) is 0 Å². The van der Waals surface area contributed by atoms with Crippen molar-refractivity contribution in [2.45, 2.75) is 6.54 Å². The monoisotopic (exact) mass is 636 g/mol. The van der Waals surface area contributed by atoms with Crippen LogP contribution in [0.1, 0.15) is 5.56 Å². The third kappa shape index (κ3) is 6.16. The standard InChI is InChI=1S/C29H26BrClN6O4/c1-39-24-12-19(13-25(40-2)27(24)41-3)35-29(38)34-18-10-8-17(9-11-18)15-32-26-14-23(20-6-4-5-7-22(20)31)36-28-21(30)16-33-37(26)28/h4-14,16,32H,15H2,1-3H3,(H2,34,35,38). The molecule has 210 valence electrons. The van der Waals surface area contributed by atoms with Gasteiger partial charge in [-0.1, -0.05) is 41.9 Å². The van der Waals surface area contributed by atoms with Gasteiger partial charge in [-0.05, 0) is 39.7 Å².